The smallest absolute Gasteiger partial charge is 0.218 e. The van der Waals surface area contributed by atoms with Gasteiger partial charge < -0.3 is 14.9 Å². The van der Waals surface area contributed by atoms with Gasteiger partial charge in [0, 0.05) is 12.7 Å². The maximum absolute atomic E-state index is 5.81. The van der Waals surface area contributed by atoms with Gasteiger partial charge in [-0.2, -0.15) is 4.98 Å². The van der Waals surface area contributed by atoms with Crippen LogP contribution in [-0.4, -0.2) is 23.2 Å². The molecular weight excluding hydrogens is 256 g/mol. The summed E-state index contributed by atoms with van der Waals surface area (Å²) < 4.78 is 11.1. The Morgan fingerprint density at radius 3 is 2.80 bits per heavy atom. The number of aromatic nitrogens is 2. The lowest BCUT2D eigenvalue weighted by Crippen LogP contribution is -2.17. The topological polar surface area (TPSA) is 82.3 Å². The summed E-state index contributed by atoms with van der Waals surface area (Å²) in [5.41, 5.74) is 2.54. The molecule has 1 saturated carbocycles. The minimum atomic E-state index is 0.367. The van der Waals surface area contributed by atoms with Gasteiger partial charge in [-0.15, -0.1) is 0 Å². The molecule has 20 heavy (non-hydrogen) atoms. The van der Waals surface area contributed by atoms with E-state index in [1.165, 1.54) is 32.1 Å². The first-order valence-electron chi connectivity index (χ1n) is 7.37. The Balaban J connectivity index is 1.94. The second kappa shape index (κ2) is 8.01. The Labute approximate surface area is 120 Å². The number of nitrogens with zero attached hydrogens (tertiary/aromatic N) is 2. The van der Waals surface area contributed by atoms with Crippen molar-refractivity contribution in [2.24, 2.45) is 11.8 Å². The van der Waals surface area contributed by atoms with Crippen molar-refractivity contribution in [3.05, 3.63) is 11.9 Å². The molecule has 0 radical (unpaired) electrons. The van der Waals surface area contributed by atoms with Crippen molar-refractivity contribution in [3.63, 3.8) is 0 Å². The molecule has 3 N–H and O–H groups in total. The van der Waals surface area contributed by atoms with Crippen LogP contribution >= 0.6 is 0 Å². The third kappa shape index (κ3) is 4.61. The van der Waals surface area contributed by atoms with Crippen molar-refractivity contribution in [2.75, 3.05) is 18.6 Å². The third-order valence-corrected chi connectivity index (χ3v) is 3.52. The van der Waals surface area contributed by atoms with Gasteiger partial charge >= 0.3 is 0 Å². The van der Waals surface area contributed by atoms with Crippen LogP contribution in [0.1, 0.15) is 44.9 Å². The molecular formula is C14H24N4O2. The average Bonchev–Trinajstić information content (AvgIpc) is 2.51. The van der Waals surface area contributed by atoms with E-state index in [-0.39, 0.29) is 0 Å². The predicted octanol–water partition coefficient (Wildman–Crippen LogP) is 2.26. The Bertz CT molecular complexity index is 408. The molecule has 1 fully saturated rings. The van der Waals surface area contributed by atoms with Crippen LogP contribution in [0.2, 0.25) is 0 Å². The first kappa shape index (κ1) is 15.0. The van der Waals surface area contributed by atoms with Crippen LogP contribution in [0, 0.1) is 5.92 Å². The molecule has 0 aliphatic heterocycles. The number of nitrogen functional groups attached to an aromatic ring is 1. The van der Waals surface area contributed by atoms with Crippen molar-refractivity contribution in [1.29, 1.82) is 0 Å². The number of hydrazine groups is 1. The first-order valence-corrected chi connectivity index (χ1v) is 7.37. The molecule has 1 aliphatic rings. The highest BCUT2D eigenvalue weighted by Gasteiger charge is 2.15. The maximum atomic E-state index is 5.81. The van der Waals surface area contributed by atoms with Crippen molar-refractivity contribution < 1.29 is 9.47 Å². The van der Waals surface area contributed by atoms with E-state index in [2.05, 4.69) is 15.4 Å². The normalized spacial score (nSPS) is 16.1. The lowest BCUT2D eigenvalue weighted by atomic mass is 9.90. The second-order valence-corrected chi connectivity index (χ2v) is 5.10. The van der Waals surface area contributed by atoms with Gasteiger partial charge in [0.15, 0.2) is 5.82 Å². The zero-order valence-corrected chi connectivity index (χ0v) is 12.1. The van der Waals surface area contributed by atoms with Crippen LogP contribution in [0.4, 0.5) is 5.82 Å². The summed E-state index contributed by atoms with van der Waals surface area (Å²) in [7, 11) is 0. The number of anilines is 1. The molecule has 1 aromatic rings. The molecule has 6 nitrogen and oxygen atoms in total. The van der Waals surface area contributed by atoms with Crippen molar-refractivity contribution in [1.82, 2.24) is 9.97 Å². The van der Waals surface area contributed by atoms with E-state index in [1.807, 2.05) is 6.92 Å². The molecule has 0 atom stereocenters. The SMILES string of the molecule is CCOCc1nc(NN)cc(OCC2CCCCC2)n1. The molecule has 112 valence electrons. The van der Waals surface area contributed by atoms with Crippen LogP contribution in [-0.2, 0) is 11.3 Å². The molecule has 0 aromatic carbocycles. The predicted molar refractivity (Wildman–Crippen MR) is 77.2 cm³/mol. The Morgan fingerprint density at radius 1 is 1.30 bits per heavy atom. The molecule has 0 spiro atoms. The van der Waals surface area contributed by atoms with E-state index in [0.29, 0.717) is 36.7 Å². The van der Waals surface area contributed by atoms with Crippen LogP contribution < -0.4 is 16.0 Å². The fourth-order valence-electron chi connectivity index (χ4n) is 2.44. The monoisotopic (exact) mass is 280 g/mol. The van der Waals surface area contributed by atoms with Gasteiger partial charge in [-0.25, -0.2) is 10.8 Å². The van der Waals surface area contributed by atoms with Crippen LogP contribution in [0.25, 0.3) is 0 Å². The molecule has 1 heterocycles. The Hall–Kier alpha value is -1.40. The molecule has 0 bridgehead atoms. The molecule has 1 aliphatic carbocycles. The van der Waals surface area contributed by atoms with Gasteiger partial charge in [-0.1, -0.05) is 19.3 Å². The van der Waals surface area contributed by atoms with Gasteiger partial charge in [0.1, 0.15) is 12.4 Å². The van der Waals surface area contributed by atoms with Crippen molar-refractivity contribution in [3.8, 4) is 5.88 Å². The molecule has 6 heteroatoms. The van der Waals surface area contributed by atoms with Crippen molar-refractivity contribution >= 4 is 5.82 Å². The third-order valence-electron chi connectivity index (χ3n) is 3.52. The summed E-state index contributed by atoms with van der Waals surface area (Å²) >= 11 is 0. The molecule has 2 rings (SSSR count). The molecule has 0 unspecified atom stereocenters. The summed E-state index contributed by atoms with van der Waals surface area (Å²) in [6.07, 6.45) is 6.47. The number of ether oxygens (including phenoxy) is 2. The van der Waals surface area contributed by atoms with E-state index in [0.717, 1.165) is 6.61 Å². The quantitative estimate of drug-likeness (QED) is 0.589. The highest BCUT2D eigenvalue weighted by molar-refractivity contribution is 5.36. The van der Waals surface area contributed by atoms with Gasteiger partial charge in [0.25, 0.3) is 0 Å². The minimum absolute atomic E-state index is 0.367. The average molecular weight is 280 g/mol. The van der Waals surface area contributed by atoms with Crippen molar-refractivity contribution in [2.45, 2.75) is 45.6 Å². The van der Waals surface area contributed by atoms with Gasteiger partial charge in [0.05, 0.1) is 6.61 Å². The van der Waals surface area contributed by atoms with Crippen LogP contribution in [0.15, 0.2) is 6.07 Å². The summed E-state index contributed by atoms with van der Waals surface area (Å²) in [5.74, 6) is 7.76. The fraction of sp³-hybridized carbons (Fsp3) is 0.714. The zero-order valence-electron chi connectivity index (χ0n) is 12.1. The molecule has 0 amide bonds. The fourth-order valence-corrected chi connectivity index (χ4v) is 2.44. The Kier molecular flexibility index (Phi) is 6.01. The lowest BCUT2D eigenvalue weighted by molar-refractivity contribution is 0.127. The summed E-state index contributed by atoms with van der Waals surface area (Å²) in [6, 6.07) is 1.72. The molecule has 1 aromatic heterocycles. The van der Waals surface area contributed by atoms with Gasteiger partial charge in [-0.05, 0) is 25.7 Å². The van der Waals surface area contributed by atoms with E-state index >= 15 is 0 Å². The number of nitrogens with two attached hydrogens (primary N) is 1. The number of nitrogens with one attached hydrogen (secondary N) is 1. The number of rotatable bonds is 7. The minimum Gasteiger partial charge on any atom is -0.477 e. The summed E-state index contributed by atoms with van der Waals surface area (Å²) in [4.78, 5) is 8.58. The van der Waals surface area contributed by atoms with E-state index in [9.17, 15) is 0 Å². The zero-order chi connectivity index (χ0) is 14.2. The lowest BCUT2D eigenvalue weighted by Gasteiger charge is -2.21. The highest BCUT2D eigenvalue weighted by Crippen LogP contribution is 2.24. The van der Waals surface area contributed by atoms with Crippen LogP contribution in [0.3, 0.4) is 0 Å². The number of hydrogen-bond donors (Lipinski definition) is 2. The molecule has 0 saturated heterocycles. The summed E-state index contributed by atoms with van der Waals surface area (Å²) in [5, 5.41) is 0. The maximum Gasteiger partial charge on any atom is 0.218 e. The summed E-state index contributed by atoms with van der Waals surface area (Å²) in [6.45, 7) is 3.65. The van der Waals surface area contributed by atoms with E-state index in [1.54, 1.807) is 6.07 Å². The van der Waals surface area contributed by atoms with Crippen LogP contribution in [0.5, 0.6) is 5.88 Å². The highest BCUT2D eigenvalue weighted by atomic mass is 16.5. The van der Waals surface area contributed by atoms with Gasteiger partial charge in [-0.3, -0.25) is 0 Å². The van der Waals surface area contributed by atoms with E-state index < -0.39 is 0 Å². The van der Waals surface area contributed by atoms with E-state index in [4.69, 9.17) is 15.3 Å². The largest absolute Gasteiger partial charge is 0.477 e. The Morgan fingerprint density at radius 2 is 2.10 bits per heavy atom. The second-order valence-electron chi connectivity index (χ2n) is 5.10. The first-order chi connectivity index (χ1) is 9.81. The number of hydrogen-bond acceptors (Lipinski definition) is 6. The standard InChI is InChI=1S/C14H24N4O2/c1-2-19-10-13-16-12(18-15)8-14(17-13)20-9-11-6-4-3-5-7-11/h8,11H,2-7,9-10,15H2,1H3,(H,16,17,18). The van der Waals surface area contributed by atoms with Gasteiger partial charge in [0.2, 0.25) is 5.88 Å².